The van der Waals surface area contributed by atoms with E-state index in [-0.39, 0.29) is 11.6 Å². The number of rotatable bonds is 6. The van der Waals surface area contributed by atoms with Crippen LogP contribution in [0.3, 0.4) is 0 Å². The van der Waals surface area contributed by atoms with E-state index in [0.717, 1.165) is 16.8 Å². The molecule has 0 fully saturated rings. The SMILES string of the molecule is Cc1c(-c2ccn(C)n2)cn2nc(-c3nccn3C)nc(Nc3cc(OCC(F)(F)F)ccn3)c12. The van der Waals surface area contributed by atoms with Gasteiger partial charge in [0.15, 0.2) is 18.2 Å². The van der Waals surface area contributed by atoms with Crippen molar-refractivity contribution in [3.05, 3.63) is 54.7 Å². The van der Waals surface area contributed by atoms with Crippen molar-refractivity contribution in [3.8, 4) is 28.7 Å². The Morgan fingerprint density at radius 2 is 1.89 bits per heavy atom. The second kappa shape index (κ2) is 8.42. The van der Waals surface area contributed by atoms with Crippen LogP contribution in [0.1, 0.15) is 5.56 Å². The summed E-state index contributed by atoms with van der Waals surface area (Å²) in [6.45, 7) is 0.521. The van der Waals surface area contributed by atoms with E-state index in [1.165, 1.54) is 18.3 Å². The molecule has 0 saturated heterocycles. The highest BCUT2D eigenvalue weighted by Gasteiger charge is 2.28. The highest BCUT2D eigenvalue weighted by molar-refractivity contribution is 5.84. The lowest BCUT2D eigenvalue weighted by Gasteiger charge is -2.12. The summed E-state index contributed by atoms with van der Waals surface area (Å²) in [5, 5.41) is 12.2. The predicted molar refractivity (Wildman–Crippen MR) is 121 cm³/mol. The number of pyridine rings is 1. The van der Waals surface area contributed by atoms with Crippen LogP contribution in [0, 0.1) is 6.92 Å². The summed E-state index contributed by atoms with van der Waals surface area (Å²) >= 11 is 0. The molecule has 0 radical (unpaired) electrons. The summed E-state index contributed by atoms with van der Waals surface area (Å²) in [5.74, 6) is 1.57. The molecule has 35 heavy (non-hydrogen) atoms. The standard InChI is InChI=1S/C22H20F3N9O/c1-13-15(16-5-8-33(3)30-16)11-34-18(13)19(29-20(31-34)21-27-7-9-32(21)2)28-17-10-14(4-6-26-17)35-12-22(23,24)25/h4-11H,12H2,1-3H3,(H,26,28,29,31). The van der Waals surface area contributed by atoms with Crippen molar-refractivity contribution in [2.75, 3.05) is 11.9 Å². The third kappa shape index (κ3) is 4.52. The predicted octanol–water partition coefficient (Wildman–Crippen LogP) is 3.92. The Morgan fingerprint density at radius 1 is 1.06 bits per heavy atom. The molecule has 1 N–H and O–H groups in total. The van der Waals surface area contributed by atoms with Crippen LogP contribution in [-0.4, -0.2) is 51.7 Å². The quantitative estimate of drug-likeness (QED) is 0.391. The van der Waals surface area contributed by atoms with E-state index < -0.39 is 12.8 Å². The van der Waals surface area contributed by atoms with E-state index in [1.807, 2.05) is 39.5 Å². The second-order valence-corrected chi connectivity index (χ2v) is 7.89. The van der Waals surface area contributed by atoms with Crippen LogP contribution in [0.2, 0.25) is 0 Å². The lowest BCUT2D eigenvalue weighted by atomic mass is 10.1. The van der Waals surface area contributed by atoms with Crippen molar-refractivity contribution in [1.29, 1.82) is 0 Å². The fourth-order valence-electron chi connectivity index (χ4n) is 3.67. The van der Waals surface area contributed by atoms with Gasteiger partial charge in [-0.05, 0) is 24.6 Å². The molecule has 0 aliphatic heterocycles. The van der Waals surface area contributed by atoms with Crippen molar-refractivity contribution in [1.82, 2.24) is 38.9 Å². The van der Waals surface area contributed by atoms with Gasteiger partial charge in [0.2, 0.25) is 5.82 Å². The first-order valence-electron chi connectivity index (χ1n) is 10.5. The molecule has 0 spiro atoms. The van der Waals surface area contributed by atoms with Gasteiger partial charge in [0.05, 0.1) is 5.69 Å². The molecule has 0 aromatic carbocycles. The van der Waals surface area contributed by atoms with Gasteiger partial charge in [-0.3, -0.25) is 4.68 Å². The molecule has 5 aromatic heterocycles. The van der Waals surface area contributed by atoms with Gasteiger partial charge in [0, 0.05) is 56.7 Å². The molecule has 0 atom stereocenters. The van der Waals surface area contributed by atoms with Crippen LogP contribution in [0.15, 0.2) is 49.2 Å². The molecule has 5 heterocycles. The molecule has 180 valence electrons. The topological polar surface area (TPSA) is 100.0 Å². The lowest BCUT2D eigenvalue weighted by molar-refractivity contribution is -0.153. The lowest BCUT2D eigenvalue weighted by Crippen LogP contribution is -2.19. The summed E-state index contributed by atoms with van der Waals surface area (Å²) in [7, 11) is 3.66. The molecule has 0 aliphatic rings. The number of imidazole rings is 1. The minimum atomic E-state index is -4.45. The second-order valence-electron chi connectivity index (χ2n) is 7.89. The number of nitrogens with one attached hydrogen (secondary N) is 1. The number of nitrogens with zero attached hydrogens (tertiary/aromatic N) is 8. The first-order chi connectivity index (χ1) is 16.7. The van der Waals surface area contributed by atoms with Crippen LogP contribution in [0.4, 0.5) is 24.8 Å². The number of aromatic nitrogens is 8. The molecule has 13 heteroatoms. The van der Waals surface area contributed by atoms with Gasteiger partial charge in [-0.2, -0.15) is 18.3 Å². The van der Waals surface area contributed by atoms with Crippen LogP contribution >= 0.6 is 0 Å². The summed E-state index contributed by atoms with van der Waals surface area (Å²) < 4.78 is 47.7. The fourth-order valence-corrected chi connectivity index (χ4v) is 3.67. The third-order valence-electron chi connectivity index (χ3n) is 5.28. The van der Waals surface area contributed by atoms with E-state index in [4.69, 9.17) is 4.74 Å². The number of hydrogen-bond donors (Lipinski definition) is 1. The monoisotopic (exact) mass is 483 g/mol. The first kappa shape index (κ1) is 22.4. The molecular weight excluding hydrogens is 463 g/mol. The zero-order valence-electron chi connectivity index (χ0n) is 18.9. The number of alkyl halides is 3. The highest BCUT2D eigenvalue weighted by Crippen LogP contribution is 2.32. The Hall–Kier alpha value is -4.42. The van der Waals surface area contributed by atoms with Crippen molar-refractivity contribution < 1.29 is 17.9 Å². The number of ether oxygens (including phenoxy) is 1. The maximum absolute atomic E-state index is 12.6. The maximum Gasteiger partial charge on any atom is 0.422 e. The Kier molecular flexibility index (Phi) is 5.38. The average Bonchev–Trinajstić information content (AvgIpc) is 3.51. The minimum absolute atomic E-state index is 0.0236. The number of hydrogen-bond acceptors (Lipinski definition) is 7. The number of aryl methyl sites for hydroxylation is 3. The minimum Gasteiger partial charge on any atom is -0.484 e. The molecule has 5 rings (SSSR count). The van der Waals surface area contributed by atoms with E-state index in [0.29, 0.717) is 23.0 Å². The Morgan fingerprint density at radius 3 is 2.57 bits per heavy atom. The summed E-state index contributed by atoms with van der Waals surface area (Å²) in [4.78, 5) is 13.2. The molecule has 5 aromatic rings. The first-order valence-corrected chi connectivity index (χ1v) is 10.5. The molecular formula is C22H20F3N9O. The Labute approximate surface area is 197 Å². The van der Waals surface area contributed by atoms with Crippen LogP contribution in [0.25, 0.3) is 28.4 Å². The van der Waals surface area contributed by atoms with Crippen molar-refractivity contribution in [2.24, 2.45) is 14.1 Å². The van der Waals surface area contributed by atoms with Gasteiger partial charge in [-0.1, -0.05) is 0 Å². The van der Waals surface area contributed by atoms with Gasteiger partial charge in [0.1, 0.15) is 17.1 Å². The molecule has 0 unspecified atom stereocenters. The average molecular weight is 483 g/mol. The van der Waals surface area contributed by atoms with Crippen molar-refractivity contribution >= 4 is 17.2 Å². The third-order valence-corrected chi connectivity index (χ3v) is 5.28. The maximum atomic E-state index is 12.6. The zero-order valence-corrected chi connectivity index (χ0v) is 18.9. The zero-order chi connectivity index (χ0) is 24.7. The fraction of sp³-hybridized carbons (Fsp3) is 0.227. The van der Waals surface area contributed by atoms with Crippen molar-refractivity contribution in [3.63, 3.8) is 0 Å². The Balaban J connectivity index is 1.60. The van der Waals surface area contributed by atoms with Crippen LogP contribution < -0.4 is 10.1 Å². The van der Waals surface area contributed by atoms with E-state index in [9.17, 15) is 13.2 Å². The number of fused-ring (bicyclic) bond motifs is 1. The summed E-state index contributed by atoms with van der Waals surface area (Å²) in [6.07, 6.45) is 4.02. The van der Waals surface area contributed by atoms with Crippen molar-refractivity contribution in [2.45, 2.75) is 13.1 Å². The smallest absolute Gasteiger partial charge is 0.422 e. The van der Waals surface area contributed by atoms with Crippen LogP contribution in [0.5, 0.6) is 5.75 Å². The summed E-state index contributed by atoms with van der Waals surface area (Å²) in [5.41, 5.74) is 3.14. The van der Waals surface area contributed by atoms with E-state index in [1.54, 1.807) is 26.2 Å². The van der Waals surface area contributed by atoms with Gasteiger partial charge in [0.25, 0.3) is 0 Å². The Bertz CT molecular complexity index is 1520. The van der Waals surface area contributed by atoms with Crippen LogP contribution in [-0.2, 0) is 14.1 Å². The van der Waals surface area contributed by atoms with E-state index in [2.05, 4.69) is 30.5 Å². The molecule has 0 amide bonds. The molecule has 10 nitrogen and oxygen atoms in total. The van der Waals surface area contributed by atoms with Gasteiger partial charge in [-0.15, -0.1) is 5.10 Å². The number of halogens is 3. The molecule has 0 saturated carbocycles. The van der Waals surface area contributed by atoms with Gasteiger partial charge in [-0.25, -0.2) is 19.5 Å². The summed E-state index contributed by atoms with van der Waals surface area (Å²) in [6, 6.07) is 4.63. The van der Waals surface area contributed by atoms with Gasteiger partial charge < -0.3 is 14.6 Å². The van der Waals surface area contributed by atoms with Gasteiger partial charge >= 0.3 is 6.18 Å². The molecule has 0 aliphatic carbocycles. The highest BCUT2D eigenvalue weighted by atomic mass is 19.4. The normalized spacial score (nSPS) is 11.8. The van der Waals surface area contributed by atoms with E-state index >= 15 is 0 Å². The number of anilines is 2. The largest absolute Gasteiger partial charge is 0.484 e. The molecule has 0 bridgehead atoms.